The number of nitrogens with one attached hydrogen (secondary N) is 1. The van der Waals surface area contributed by atoms with Crippen molar-refractivity contribution in [1.29, 1.82) is 0 Å². The van der Waals surface area contributed by atoms with Crippen LogP contribution in [0, 0.1) is 0 Å². The Labute approximate surface area is 163 Å². The number of pyridine rings is 1. The molecule has 2 aromatic heterocycles. The molecule has 0 bridgehead atoms. The molecule has 1 amide bonds. The molecular weight excluding hydrogens is 350 g/mol. The third-order valence-electron chi connectivity index (χ3n) is 4.22. The molecule has 4 rings (SSSR count). The minimum absolute atomic E-state index is 0.170. The summed E-state index contributed by atoms with van der Waals surface area (Å²) in [4.78, 5) is 16.9. The monoisotopic (exact) mass is 369 g/mol. The van der Waals surface area contributed by atoms with Gasteiger partial charge in [0.05, 0.1) is 5.69 Å². The SMILES string of the molecule is O=C(Nc1cccc(OCc2ccccn2)c1)c1cccc(-n2cccc2)c1. The number of hydrogen-bond donors (Lipinski definition) is 1. The van der Waals surface area contributed by atoms with Crippen molar-refractivity contribution in [1.82, 2.24) is 9.55 Å². The lowest BCUT2D eigenvalue weighted by molar-refractivity contribution is 0.102. The van der Waals surface area contributed by atoms with Gasteiger partial charge in [-0.3, -0.25) is 9.78 Å². The van der Waals surface area contributed by atoms with Gasteiger partial charge in [0, 0.05) is 41.6 Å². The third kappa shape index (κ3) is 4.27. The van der Waals surface area contributed by atoms with E-state index in [2.05, 4.69) is 10.3 Å². The summed E-state index contributed by atoms with van der Waals surface area (Å²) in [6.07, 6.45) is 5.62. The first-order valence-electron chi connectivity index (χ1n) is 8.95. The van der Waals surface area contributed by atoms with Gasteiger partial charge < -0.3 is 14.6 Å². The van der Waals surface area contributed by atoms with E-state index in [0.29, 0.717) is 23.6 Å². The summed E-state index contributed by atoms with van der Waals surface area (Å²) in [5.41, 5.74) is 3.05. The number of benzene rings is 2. The minimum Gasteiger partial charge on any atom is -0.487 e. The number of carbonyl (C=O) groups is 1. The number of rotatable bonds is 6. The molecule has 0 unspecified atom stereocenters. The standard InChI is InChI=1S/C23H19N3O2/c27-23(18-7-5-10-21(15-18)26-13-3-4-14-26)25-19-9-6-11-22(16-19)28-17-20-8-1-2-12-24-20/h1-16H,17H2,(H,25,27). The van der Waals surface area contributed by atoms with Crippen molar-refractivity contribution in [3.05, 3.63) is 109 Å². The maximum atomic E-state index is 12.7. The van der Waals surface area contributed by atoms with Gasteiger partial charge in [-0.2, -0.15) is 0 Å². The molecule has 0 fully saturated rings. The van der Waals surface area contributed by atoms with Crippen molar-refractivity contribution >= 4 is 11.6 Å². The van der Waals surface area contributed by atoms with Gasteiger partial charge in [0.1, 0.15) is 12.4 Å². The molecule has 0 spiro atoms. The van der Waals surface area contributed by atoms with Gasteiger partial charge >= 0.3 is 0 Å². The average Bonchev–Trinajstić information content (AvgIpc) is 3.28. The first kappa shape index (κ1) is 17.5. The maximum Gasteiger partial charge on any atom is 0.255 e. The topological polar surface area (TPSA) is 56.1 Å². The molecule has 28 heavy (non-hydrogen) atoms. The summed E-state index contributed by atoms with van der Waals surface area (Å²) in [5, 5.41) is 2.93. The van der Waals surface area contributed by atoms with Crippen LogP contribution in [0.1, 0.15) is 16.1 Å². The second kappa shape index (κ2) is 8.22. The fourth-order valence-corrected chi connectivity index (χ4v) is 2.82. The number of aromatic nitrogens is 2. The van der Waals surface area contributed by atoms with Crippen LogP contribution >= 0.6 is 0 Å². The van der Waals surface area contributed by atoms with Crippen LogP contribution in [0.3, 0.4) is 0 Å². The Morgan fingerprint density at radius 2 is 1.79 bits per heavy atom. The third-order valence-corrected chi connectivity index (χ3v) is 4.22. The zero-order valence-corrected chi connectivity index (χ0v) is 15.2. The van der Waals surface area contributed by atoms with Gasteiger partial charge in [-0.25, -0.2) is 0 Å². The molecule has 5 heteroatoms. The molecule has 0 saturated heterocycles. The van der Waals surface area contributed by atoms with E-state index < -0.39 is 0 Å². The molecule has 1 N–H and O–H groups in total. The van der Waals surface area contributed by atoms with E-state index in [4.69, 9.17) is 4.74 Å². The van der Waals surface area contributed by atoms with Crippen molar-refractivity contribution in [3.8, 4) is 11.4 Å². The molecule has 2 heterocycles. The number of nitrogens with zero attached hydrogens (tertiary/aromatic N) is 2. The second-order valence-electron chi connectivity index (χ2n) is 6.23. The van der Waals surface area contributed by atoms with E-state index in [9.17, 15) is 4.79 Å². The van der Waals surface area contributed by atoms with Crippen LogP contribution in [0.25, 0.3) is 5.69 Å². The Morgan fingerprint density at radius 1 is 0.929 bits per heavy atom. The Bertz CT molecular complexity index is 1060. The van der Waals surface area contributed by atoms with Crippen LogP contribution in [0.4, 0.5) is 5.69 Å². The highest BCUT2D eigenvalue weighted by Gasteiger charge is 2.08. The molecule has 2 aromatic carbocycles. The second-order valence-corrected chi connectivity index (χ2v) is 6.23. The number of amides is 1. The number of anilines is 1. The molecule has 0 saturated carbocycles. The van der Waals surface area contributed by atoms with Crippen LogP contribution in [-0.4, -0.2) is 15.5 Å². The average molecular weight is 369 g/mol. The molecule has 0 atom stereocenters. The van der Waals surface area contributed by atoms with Crippen LogP contribution in [0.15, 0.2) is 97.5 Å². The van der Waals surface area contributed by atoms with Crippen LogP contribution in [-0.2, 0) is 6.61 Å². The first-order chi connectivity index (χ1) is 13.8. The summed E-state index contributed by atoms with van der Waals surface area (Å²) in [7, 11) is 0. The Kier molecular flexibility index (Phi) is 5.15. The predicted molar refractivity (Wildman–Crippen MR) is 109 cm³/mol. The van der Waals surface area contributed by atoms with E-state index >= 15 is 0 Å². The summed E-state index contributed by atoms with van der Waals surface area (Å²) in [6.45, 7) is 0.372. The number of carbonyl (C=O) groups excluding carboxylic acids is 1. The lowest BCUT2D eigenvalue weighted by atomic mass is 10.1. The Morgan fingerprint density at radius 3 is 2.61 bits per heavy atom. The molecule has 0 aliphatic heterocycles. The highest BCUT2D eigenvalue weighted by molar-refractivity contribution is 6.04. The van der Waals surface area contributed by atoms with Gasteiger partial charge in [0.25, 0.3) is 5.91 Å². The lowest BCUT2D eigenvalue weighted by Gasteiger charge is -2.10. The molecule has 0 aliphatic rings. The Hall–Kier alpha value is -3.86. The zero-order chi connectivity index (χ0) is 19.2. The van der Waals surface area contributed by atoms with Crippen LogP contribution in [0.2, 0.25) is 0 Å². The van der Waals surface area contributed by atoms with Gasteiger partial charge in [-0.15, -0.1) is 0 Å². The van der Waals surface area contributed by atoms with Crippen molar-refractivity contribution in [2.24, 2.45) is 0 Å². The van der Waals surface area contributed by atoms with Gasteiger partial charge in [0.2, 0.25) is 0 Å². The first-order valence-corrected chi connectivity index (χ1v) is 8.95. The molecule has 5 nitrogen and oxygen atoms in total. The molecule has 0 radical (unpaired) electrons. The van der Waals surface area contributed by atoms with Crippen LogP contribution < -0.4 is 10.1 Å². The fraction of sp³-hybridized carbons (Fsp3) is 0.0435. The van der Waals surface area contributed by atoms with Crippen molar-refractivity contribution in [3.63, 3.8) is 0 Å². The van der Waals surface area contributed by atoms with Crippen molar-refractivity contribution in [2.45, 2.75) is 6.61 Å². The highest BCUT2D eigenvalue weighted by Crippen LogP contribution is 2.20. The minimum atomic E-state index is -0.170. The number of hydrogen-bond acceptors (Lipinski definition) is 3. The zero-order valence-electron chi connectivity index (χ0n) is 15.2. The summed E-state index contributed by atoms with van der Waals surface area (Å²) >= 11 is 0. The van der Waals surface area contributed by atoms with E-state index in [1.54, 1.807) is 18.3 Å². The van der Waals surface area contributed by atoms with E-state index in [1.165, 1.54) is 0 Å². The maximum absolute atomic E-state index is 12.7. The van der Waals surface area contributed by atoms with Gasteiger partial charge in [-0.05, 0) is 54.6 Å². The van der Waals surface area contributed by atoms with E-state index in [0.717, 1.165) is 11.4 Å². The predicted octanol–water partition coefficient (Wildman–Crippen LogP) is 4.70. The van der Waals surface area contributed by atoms with Gasteiger partial charge in [-0.1, -0.05) is 18.2 Å². The quantitative estimate of drug-likeness (QED) is 0.536. The van der Waals surface area contributed by atoms with E-state index in [-0.39, 0.29) is 5.91 Å². The summed E-state index contributed by atoms with van der Waals surface area (Å²) in [5.74, 6) is 0.500. The normalized spacial score (nSPS) is 10.4. The molecule has 138 valence electrons. The molecular formula is C23H19N3O2. The number of ether oxygens (including phenoxy) is 1. The van der Waals surface area contributed by atoms with Crippen molar-refractivity contribution < 1.29 is 9.53 Å². The van der Waals surface area contributed by atoms with Crippen LogP contribution in [0.5, 0.6) is 5.75 Å². The van der Waals surface area contributed by atoms with E-state index in [1.807, 2.05) is 83.7 Å². The summed E-state index contributed by atoms with van der Waals surface area (Å²) in [6, 6.07) is 24.4. The Balaban J connectivity index is 1.44. The smallest absolute Gasteiger partial charge is 0.255 e. The summed E-state index contributed by atoms with van der Waals surface area (Å²) < 4.78 is 7.73. The lowest BCUT2D eigenvalue weighted by Crippen LogP contribution is -2.12. The highest BCUT2D eigenvalue weighted by atomic mass is 16.5. The van der Waals surface area contributed by atoms with Crippen molar-refractivity contribution in [2.75, 3.05) is 5.32 Å². The van der Waals surface area contributed by atoms with Gasteiger partial charge in [0.15, 0.2) is 0 Å². The molecule has 4 aromatic rings. The largest absolute Gasteiger partial charge is 0.487 e. The fourth-order valence-electron chi connectivity index (χ4n) is 2.82. The molecule has 0 aliphatic carbocycles.